The number of nitrogens with zero attached hydrogens (tertiary/aromatic N) is 1. The van der Waals surface area contributed by atoms with Crippen LogP contribution in [0.5, 0.6) is 0 Å². The quantitative estimate of drug-likeness (QED) is 0.474. The molecule has 0 saturated heterocycles. The van der Waals surface area contributed by atoms with Gasteiger partial charge in [-0.1, -0.05) is 15.9 Å². The molecule has 0 radical (unpaired) electrons. The lowest BCUT2D eigenvalue weighted by Crippen LogP contribution is -2.28. The summed E-state index contributed by atoms with van der Waals surface area (Å²) in [6.45, 7) is 6.71. The molecule has 1 unspecified atom stereocenters. The van der Waals surface area contributed by atoms with E-state index in [-0.39, 0.29) is 5.78 Å². The number of ketones is 1. The van der Waals surface area contributed by atoms with Gasteiger partial charge in [0.05, 0.1) is 4.95 Å². The molecular weight excluding hydrogens is 254 g/mol. The lowest BCUT2D eigenvalue weighted by molar-refractivity contribution is 0.101. The van der Waals surface area contributed by atoms with Gasteiger partial charge in [0, 0.05) is 17.8 Å². The standard InChI is InChI=1S/C12H16BrNO/c1-4-14(10(3)13)12-7-5-11(6-8-12)9(2)15/h5-8,10H,4H2,1-3H3. The van der Waals surface area contributed by atoms with Crippen LogP contribution in [0, 0.1) is 0 Å². The van der Waals surface area contributed by atoms with E-state index in [1.165, 1.54) is 0 Å². The van der Waals surface area contributed by atoms with Gasteiger partial charge in [0.2, 0.25) is 0 Å². The average molecular weight is 270 g/mol. The molecule has 0 saturated carbocycles. The zero-order valence-electron chi connectivity index (χ0n) is 9.33. The van der Waals surface area contributed by atoms with Crippen molar-refractivity contribution in [3.63, 3.8) is 0 Å². The first-order chi connectivity index (χ1) is 7.06. The Hall–Kier alpha value is -0.830. The van der Waals surface area contributed by atoms with E-state index in [2.05, 4.69) is 34.7 Å². The molecule has 1 rings (SSSR count). The van der Waals surface area contributed by atoms with E-state index in [9.17, 15) is 4.79 Å². The second-order valence-corrected chi connectivity index (χ2v) is 4.79. The molecular formula is C12H16BrNO. The molecule has 0 aliphatic rings. The lowest BCUT2D eigenvalue weighted by Gasteiger charge is -2.26. The molecule has 0 aromatic heterocycles. The third-order valence-corrected chi connectivity index (χ3v) is 2.87. The maximum atomic E-state index is 11.1. The summed E-state index contributed by atoms with van der Waals surface area (Å²) >= 11 is 3.54. The smallest absolute Gasteiger partial charge is 0.159 e. The molecule has 0 spiro atoms. The summed E-state index contributed by atoms with van der Waals surface area (Å²) in [5.74, 6) is 0.108. The molecule has 1 atom stereocenters. The van der Waals surface area contributed by atoms with Gasteiger partial charge in [0.25, 0.3) is 0 Å². The number of benzene rings is 1. The summed E-state index contributed by atoms with van der Waals surface area (Å²) in [4.78, 5) is 13.6. The van der Waals surface area contributed by atoms with Crippen LogP contribution >= 0.6 is 15.9 Å². The highest BCUT2D eigenvalue weighted by atomic mass is 79.9. The van der Waals surface area contributed by atoms with Crippen LogP contribution in [-0.2, 0) is 0 Å². The van der Waals surface area contributed by atoms with Gasteiger partial charge in [-0.15, -0.1) is 0 Å². The summed E-state index contributed by atoms with van der Waals surface area (Å²) in [5, 5.41) is 0. The van der Waals surface area contributed by atoms with Crippen LogP contribution in [0.4, 0.5) is 5.69 Å². The van der Waals surface area contributed by atoms with E-state index in [0.29, 0.717) is 4.95 Å². The van der Waals surface area contributed by atoms with Crippen molar-refractivity contribution in [3.8, 4) is 0 Å². The van der Waals surface area contributed by atoms with Crippen molar-refractivity contribution in [3.05, 3.63) is 29.8 Å². The van der Waals surface area contributed by atoms with E-state index in [0.717, 1.165) is 17.8 Å². The van der Waals surface area contributed by atoms with Crippen LogP contribution in [0.3, 0.4) is 0 Å². The molecule has 82 valence electrons. The van der Waals surface area contributed by atoms with E-state index < -0.39 is 0 Å². The summed E-state index contributed by atoms with van der Waals surface area (Å²) in [7, 11) is 0. The first-order valence-electron chi connectivity index (χ1n) is 5.08. The van der Waals surface area contributed by atoms with Gasteiger partial charge in [-0.25, -0.2) is 0 Å². The predicted octanol–water partition coefficient (Wildman–Crippen LogP) is 3.46. The summed E-state index contributed by atoms with van der Waals surface area (Å²) < 4.78 is 0. The van der Waals surface area contributed by atoms with Gasteiger partial charge >= 0.3 is 0 Å². The molecule has 3 heteroatoms. The predicted molar refractivity (Wildman–Crippen MR) is 67.9 cm³/mol. The molecule has 0 N–H and O–H groups in total. The van der Waals surface area contributed by atoms with E-state index in [1.54, 1.807) is 6.92 Å². The van der Waals surface area contributed by atoms with Crippen LogP contribution in [-0.4, -0.2) is 17.3 Å². The molecule has 1 aromatic rings. The fourth-order valence-electron chi connectivity index (χ4n) is 1.53. The third-order valence-electron chi connectivity index (χ3n) is 2.38. The molecule has 0 aliphatic carbocycles. The lowest BCUT2D eigenvalue weighted by atomic mass is 10.1. The Balaban J connectivity index is 2.92. The number of carbonyl (C=O) groups excluding carboxylic acids is 1. The monoisotopic (exact) mass is 269 g/mol. The van der Waals surface area contributed by atoms with Gasteiger partial charge < -0.3 is 4.90 Å². The Kier molecular flexibility index (Phi) is 4.33. The van der Waals surface area contributed by atoms with Crippen molar-refractivity contribution in [1.82, 2.24) is 0 Å². The molecule has 0 aliphatic heterocycles. The largest absolute Gasteiger partial charge is 0.359 e. The van der Waals surface area contributed by atoms with Crippen LogP contribution in [0.25, 0.3) is 0 Å². The van der Waals surface area contributed by atoms with Gasteiger partial charge in [-0.2, -0.15) is 0 Å². The van der Waals surface area contributed by atoms with Crippen molar-refractivity contribution in [2.24, 2.45) is 0 Å². The van der Waals surface area contributed by atoms with Gasteiger partial charge in [-0.05, 0) is 45.0 Å². The molecule has 0 fully saturated rings. The Morgan fingerprint density at radius 3 is 2.27 bits per heavy atom. The fraction of sp³-hybridized carbons (Fsp3) is 0.417. The van der Waals surface area contributed by atoms with Crippen molar-refractivity contribution in [2.45, 2.75) is 25.7 Å². The zero-order chi connectivity index (χ0) is 11.4. The minimum Gasteiger partial charge on any atom is -0.359 e. The SMILES string of the molecule is CCN(c1ccc(C(C)=O)cc1)C(C)Br. The Morgan fingerprint density at radius 2 is 1.93 bits per heavy atom. The first-order valence-corrected chi connectivity index (χ1v) is 5.99. The third kappa shape index (κ3) is 3.06. The Bertz CT molecular complexity index is 332. The van der Waals surface area contributed by atoms with Crippen LogP contribution in [0.2, 0.25) is 0 Å². The summed E-state index contributed by atoms with van der Waals surface area (Å²) in [6, 6.07) is 7.71. The number of alkyl halides is 1. The van der Waals surface area contributed by atoms with Crippen molar-refractivity contribution in [1.29, 1.82) is 0 Å². The van der Waals surface area contributed by atoms with Gasteiger partial charge in [-0.3, -0.25) is 4.79 Å². The van der Waals surface area contributed by atoms with Gasteiger partial charge in [0.1, 0.15) is 0 Å². The number of Topliss-reactive ketones (excluding diaryl/α,β-unsaturated/α-hetero) is 1. The number of anilines is 1. The van der Waals surface area contributed by atoms with E-state index in [1.807, 2.05) is 24.3 Å². The highest BCUT2D eigenvalue weighted by Crippen LogP contribution is 2.20. The molecule has 2 nitrogen and oxygen atoms in total. The fourth-order valence-corrected chi connectivity index (χ4v) is 2.05. The van der Waals surface area contributed by atoms with Crippen molar-refractivity contribution < 1.29 is 4.79 Å². The maximum Gasteiger partial charge on any atom is 0.159 e. The number of rotatable bonds is 4. The minimum atomic E-state index is 0.108. The van der Waals surface area contributed by atoms with Crippen LogP contribution in [0.1, 0.15) is 31.1 Å². The van der Waals surface area contributed by atoms with Crippen molar-refractivity contribution in [2.75, 3.05) is 11.4 Å². The van der Waals surface area contributed by atoms with E-state index >= 15 is 0 Å². The highest BCUT2D eigenvalue weighted by Gasteiger charge is 2.09. The Morgan fingerprint density at radius 1 is 1.40 bits per heavy atom. The van der Waals surface area contributed by atoms with Crippen LogP contribution in [0.15, 0.2) is 24.3 Å². The molecule has 0 bridgehead atoms. The second kappa shape index (κ2) is 5.31. The molecule has 0 amide bonds. The maximum absolute atomic E-state index is 11.1. The number of halogens is 1. The number of carbonyl (C=O) groups is 1. The highest BCUT2D eigenvalue weighted by molar-refractivity contribution is 9.09. The van der Waals surface area contributed by atoms with Crippen LogP contribution < -0.4 is 4.90 Å². The zero-order valence-corrected chi connectivity index (χ0v) is 10.9. The van der Waals surface area contributed by atoms with E-state index in [4.69, 9.17) is 0 Å². The normalized spacial score (nSPS) is 12.3. The molecule has 1 aromatic carbocycles. The number of hydrogen-bond acceptors (Lipinski definition) is 2. The Labute approximate surface area is 99.4 Å². The number of hydrogen-bond donors (Lipinski definition) is 0. The second-order valence-electron chi connectivity index (χ2n) is 3.46. The summed E-state index contributed by atoms with van der Waals surface area (Å²) in [6.07, 6.45) is 0. The minimum absolute atomic E-state index is 0.108. The average Bonchev–Trinajstić information content (AvgIpc) is 2.19. The first kappa shape index (κ1) is 12.2. The molecule has 15 heavy (non-hydrogen) atoms. The molecule has 0 heterocycles. The van der Waals surface area contributed by atoms with Gasteiger partial charge in [0.15, 0.2) is 5.78 Å². The summed E-state index contributed by atoms with van der Waals surface area (Å²) in [5.41, 5.74) is 1.89. The topological polar surface area (TPSA) is 20.3 Å². The van der Waals surface area contributed by atoms with Crippen molar-refractivity contribution >= 4 is 27.4 Å².